The molecular formula is C28H26Cl2N4O3S. The molecule has 1 heterocycles. The van der Waals surface area contributed by atoms with Gasteiger partial charge >= 0.3 is 0 Å². The summed E-state index contributed by atoms with van der Waals surface area (Å²) in [5, 5.41) is 5.92. The van der Waals surface area contributed by atoms with E-state index in [1.807, 2.05) is 43.3 Å². The number of rotatable bonds is 8. The minimum Gasteiger partial charge on any atom is -0.322 e. The van der Waals surface area contributed by atoms with Crippen LogP contribution >= 0.6 is 35.0 Å². The minimum absolute atomic E-state index is 0.251. The zero-order valence-electron chi connectivity index (χ0n) is 21.0. The van der Waals surface area contributed by atoms with E-state index < -0.39 is 5.25 Å². The Labute approximate surface area is 234 Å². The van der Waals surface area contributed by atoms with Gasteiger partial charge in [-0.25, -0.2) is 4.68 Å². The molecule has 3 aromatic carbocycles. The highest BCUT2D eigenvalue weighted by Gasteiger charge is 2.23. The maximum atomic E-state index is 13.2. The molecule has 2 amide bonds. The number of carbonyl (C=O) groups excluding carboxylic acids is 2. The number of benzene rings is 3. The summed E-state index contributed by atoms with van der Waals surface area (Å²) in [6.07, 6.45) is 0.534. The summed E-state index contributed by atoms with van der Waals surface area (Å²) in [4.78, 5) is 39.9. The molecule has 7 nitrogen and oxygen atoms in total. The topological polar surface area (TPSA) is 85.1 Å². The van der Waals surface area contributed by atoms with Crippen LogP contribution in [0.15, 0.2) is 82.5 Å². The Morgan fingerprint density at radius 2 is 1.71 bits per heavy atom. The number of hydrogen-bond donors (Lipinski definition) is 2. The third-order valence-electron chi connectivity index (χ3n) is 6.01. The molecule has 1 unspecified atom stereocenters. The van der Waals surface area contributed by atoms with Gasteiger partial charge in [0, 0.05) is 22.7 Å². The van der Waals surface area contributed by atoms with E-state index in [2.05, 4.69) is 10.6 Å². The first kappa shape index (κ1) is 27.6. The fraction of sp³-hybridized carbons (Fsp3) is 0.179. The van der Waals surface area contributed by atoms with Gasteiger partial charge in [-0.2, -0.15) is 0 Å². The Kier molecular flexibility index (Phi) is 8.66. The van der Waals surface area contributed by atoms with Gasteiger partial charge in [0.25, 0.3) is 11.5 Å². The standard InChI is InChI=1S/C28H26Cl2N4O3S/c1-4-24(27(36)32-25-17(2)33(3)34(28(25)37)20-10-6-5-7-11-20)38-21-12-8-9-19(16-21)31-26(35)22-14-13-18(29)15-23(22)30/h5-16,24H,4H2,1-3H3,(H,31,35)(H,32,36). The highest BCUT2D eigenvalue weighted by molar-refractivity contribution is 8.00. The second-order valence-corrected chi connectivity index (χ2v) is 10.7. The van der Waals surface area contributed by atoms with Gasteiger partial charge in [-0.1, -0.05) is 54.4 Å². The number of nitrogens with zero attached hydrogens (tertiary/aromatic N) is 2. The predicted octanol–water partition coefficient (Wildman–Crippen LogP) is 6.55. The summed E-state index contributed by atoms with van der Waals surface area (Å²) in [7, 11) is 1.78. The Bertz CT molecular complexity index is 1550. The van der Waals surface area contributed by atoms with Gasteiger partial charge < -0.3 is 10.6 Å². The van der Waals surface area contributed by atoms with Crippen LogP contribution in [0.3, 0.4) is 0 Å². The van der Waals surface area contributed by atoms with Crippen LogP contribution in [0.4, 0.5) is 11.4 Å². The molecule has 4 aromatic rings. The number of thioether (sulfide) groups is 1. The lowest BCUT2D eigenvalue weighted by atomic mass is 10.2. The first-order valence-corrected chi connectivity index (χ1v) is 13.5. The number of anilines is 2. The van der Waals surface area contributed by atoms with Crippen molar-refractivity contribution in [3.05, 3.63) is 104 Å². The molecule has 38 heavy (non-hydrogen) atoms. The lowest BCUT2D eigenvalue weighted by Gasteiger charge is -2.15. The van der Waals surface area contributed by atoms with Crippen molar-refractivity contribution in [1.29, 1.82) is 0 Å². The third kappa shape index (κ3) is 5.99. The molecule has 4 rings (SSSR count). The van der Waals surface area contributed by atoms with E-state index in [-0.39, 0.29) is 28.1 Å². The normalized spacial score (nSPS) is 11.7. The van der Waals surface area contributed by atoms with E-state index >= 15 is 0 Å². The summed E-state index contributed by atoms with van der Waals surface area (Å²) in [5.74, 6) is -0.640. The molecular weight excluding hydrogens is 543 g/mol. The van der Waals surface area contributed by atoms with Crippen LogP contribution in [-0.2, 0) is 11.8 Å². The number of amides is 2. The SMILES string of the molecule is CCC(Sc1cccc(NC(=O)c2ccc(Cl)cc2Cl)c1)C(=O)Nc1c(C)n(C)n(-c2ccccc2)c1=O. The number of para-hydroxylation sites is 1. The first-order chi connectivity index (χ1) is 18.2. The highest BCUT2D eigenvalue weighted by Crippen LogP contribution is 2.29. The third-order valence-corrected chi connectivity index (χ3v) is 7.92. The maximum Gasteiger partial charge on any atom is 0.295 e. The average molecular weight is 570 g/mol. The van der Waals surface area contributed by atoms with Crippen LogP contribution in [0.5, 0.6) is 0 Å². The minimum atomic E-state index is -0.462. The van der Waals surface area contributed by atoms with Crippen molar-refractivity contribution in [1.82, 2.24) is 9.36 Å². The fourth-order valence-electron chi connectivity index (χ4n) is 3.92. The lowest BCUT2D eigenvalue weighted by Crippen LogP contribution is -2.28. The molecule has 1 atom stereocenters. The van der Waals surface area contributed by atoms with E-state index in [4.69, 9.17) is 23.2 Å². The number of nitrogens with one attached hydrogen (secondary N) is 2. The largest absolute Gasteiger partial charge is 0.322 e. The number of halogens is 2. The molecule has 0 bridgehead atoms. The number of hydrogen-bond acceptors (Lipinski definition) is 4. The average Bonchev–Trinajstić information content (AvgIpc) is 3.10. The number of aromatic nitrogens is 2. The van der Waals surface area contributed by atoms with Crippen molar-refractivity contribution in [2.75, 3.05) is 10.6 Å². The maximum absolute atomic E-state index is 13.2. The Hall–Kier alpha value is -3.46. The van der Waals surface area contributed by atoms with Crippen LogP contribution in [-0.4, -0.2) is 26.4 Å². The van der Waals surface area contributed by atoms with E-state index in [0.29, 0.717) is 34.1 Å². The van der Waals surface area contributed by atoms with Crippen LogP contribution in [0.25, 0.3) is 5.69 Å². The Balaban J connectivity index is 1.49. The van der Waals surface area contributed by atoms with Crippen molar-refractivity contribution in [2.24, 2.45) is 7.05 Å². The van der Waals surface area contributed by atoms with Gasteiger partial charge in [0.15, 0.2) is 0 Å². The van der Waals surface area contributed by atoms with Gasteiger partial charge in [0.05, 0.1) is 27.2 Å². The smallest absolute Gasteiger partial charge is 0.295 e. The molecule has 0 fully saturated rings. The second-order valence-electron chi connectivity index (χ2n) is 8.55. The summed E-state index contributed by atoms with van der Waals surface area (Å²) < 4.78 is 3.25. The summed E-state index contributed by atoms with van der Waals surface area (Å²) in [6.45, 7) is 3.70. The Morgan fingerprint density at radius 1 is 0.974 bits per heavy atom. The molecule has 10 heteroatoms. The van der Waals surface area contributed by atoms with Crippen molar-refractivity contribution < 1.29 is 9.59 Å². The van der Waals surface area contributed by atoms with Gasteiger partial charge in [-0.15, -0.1) is 11.8 Å². The first-order valence-electron chi connectivity index (χ1n) is 11.9. The summed E-state index contributed by atoms with van der Waals surface area (Å²) >= 11 is 13.4. The molecule has 0 saturated carbocycles. The molecule has 0 saturated heterocycles. The van der Waals surface area contributed by atoms with Crippen molar-refractivity contribution in [2.45, 2.75) is 30.4 Å². The van der Waals surface area contributed by atoms with Gasteiger partial charge in [0.2, 0.25) is 5.91 Å². The molecule has 0 aliphatic rings. The quantitative estimate of drug-likeness (QED) is 0.236. The molecule has 0 radical (unpaired) electrons. The van der Waals surface area contributed by atoms with Crippen molar-refractivity contribution in [3.63, 3.8) is 0 Å². The molecule has 0 spiro atoms. The van der Waals surface area contributed by atoms with Crippen molar-refractivity contribution in [3.8, 4) is 5.69 Å². The van der Waals surface area contributed by atoms with Gasteiger partial charge in [0.1, 0.15) is 5.69 Å². The Morgan fingerprint density at radius 3 is 2.39 bits per heavy atom. The van der Waals surface area contributed by atoms with E-state index in [1.54, 1.807) is 49.0 Å². The van der Waals surface area contributed by atoms with Gasteiger partial charge in [-0.05, 0) is 61.9 Å². The van der Waals surface area contributed by atoms with E-state index in [1.165, 1.54) is 22.5 Å². The van der Waals surface area contributed by atoms with Crippen LogP contribution in [0, 0.1) is 6.92 Å². The molecule has 1 aromatic heterocycles. The lowest BCUT2D eigenvalue weighted by molar-refractivity contribution is -0.115. The molecule has 2 N–H and O–H groups in total. The summed E-state index contributed by atoms with van der Waals surface area (Å²) in [6, 6.07) is 21.1. The zero-order chi connectivity index (χ0) is 27.4. The van der Waals surface area contributed by atoms with Crippen molar-refractivity contribution >= 4 is 58.2 Å². The molecule has 196 valence electrons. The predicted molar refractivity (Wildman–Crippen MR) is 155 cm³/mol. The zero-order valence-corrected chi connectivity index (χ0v) is 23.3. The van der Waals surface area contributed by atoms with E-state index in [9.17, 15) is 14.4 Å². The number of carbonyl (C=O) groups is 2. The summed E-state index contributed by atoms with van der Waals surface area (Å²) in [5.41, 5.74) is 2.18. The molecule has 0 aliphatic heterocycles. The van der Waals surface area contributed by atoms with Crippen LogP contribution in [0.2, 0.25) is 10.0 Å². The van der Waals surface area contributed by atoms with Gasteiger partial charge in [-0.3, -0.25) is 19.1 Å². The molecule has 0 aliphatic carbocycles. The second kappa shape index (κ2) is 11.9. The van der Waals surface area contributed by atoms with E-state index in [0.717, 1.165) is 4.90 Å². The monoisotopic (exact) mass is 568 g/mol. The van der Waals surface area contributed by atoms with Crippen LogP contribution in [0.1, 0.15) is 29.4 Å². The van der Waals surface area contributed by atoms with Crippen LogP contribution < -0.4 is 16.2 Å². The highest BCUT2D eigenvalue weighted by atomic mass is 35.5. The fourth-order valence-corrected chi connectivity index (χ4v) is 5.43.